The fourth-order valence-corrected chi connectivity index (χ4v) is 2.25. The first-order chi connectivity index (χ1) is 10.4. The summed E-state index contributed by atoms with van der Waals surface area (Å²) in [5.41, 5.74) is 0.773. The summed E-state index contributed by atoms with van der Waals surface area (Å²) in [6.07, 6.45) is -0.804. The van der Waals surface area contributed by atoms with Crippen molar-refractivity contribution in [2.24, 2.45) is 0 Å². The lowest BCUT2D eigenvalue weighted by Crippen LogP contribution is -2.30. The molecule has 2 aromatic carbocycles. The highest BCUT2D eigenvalue weighted by atomic mass is 35.5. The predicted molar refractivity (Wildman–Crippen MR) is 86.3 cm³/mol. The minimum absolute atomic E-state index is 0.314. The minimum Gasteiger partial charge on any atom is -0.479 e. The van der Waals surface area contributed by atoms with Gasteiger partial charge in [0, 0.05) is 16.3 Å². The van der Waals surface area contributed by atoms with Gasteiger partial charge in [-0.3, -0.25) is 4.79 Å². The van der Waals surface area contributed by atoms with Crippen LogP contribution in [0.1, 0.15) is 12.5 Å². The second-order valence-corrected chi connectivity index (χ2v) is 5.58. The van der Waals surface area contributed by atoms with E-state index in [-0.39, 0.29) is 5.82 Å². The summed E-state index contributed by atoms with van der Waals surface area (Å²) in [5.74, 6) is -0.434. The monoisotopic (exact) mass is 341 g/mol. The van der Waals surface area contributed by atoms with Crippen LogP contribution >= 0.6 is 23.2 Å². The summed E-state index contributed by atoms with van der Waals surface area (Å²) in [5, 5.41) is 3.42. The number of anilines is 1. The van der Waals surface area contributed by atoms with Crippen LogP contribution in [0.15, 0.2) is 36.4 Å². The normalized spacial score (nSPS) is 11.9. The number of amides is 1. The third-order valence-electron chi connectivity index (χ3n) is 3.09. The molecule has 0 saturated carbocycles. The maximum atomic E-state index is 13.5. The van der Waals surface area contributed by atoms with E-state index in [1.165, 1.54) is 18.2 Å². The topological polar surface area (TPSA) is 38.3 Å². The molecule has 0 aliphatic heterocycles. The molecular formula is C16H14Cl2FNO2. The molecule has 0 spiro atoms. The summed E-state index contributed by atoms with van der Waals surface area (Å²) in [6, 6.07) is 9.21. The van der Waals surface area contributed by atoms with Gasteiger partial charge in [-0.2, -0.15) is 0 Å². The number of rotatable bonds is 4. The van der Waals surface area contributed by atoms with Crippen molar-refractivity contribution in [2.45, 2.75) is 20.0 Å². The second-order valence-electron chi connectivity index (χ2n) is 4.74. The zero-order valence-corrected chi connectivity index (χ0v) is 13.5. The molecule has 0 aliphatic carbocycles. The van der Waals surface area contributed by atoms with Crippen LogP contribution in [0.25, 0.3) is 0 Å². The summed E-state index contributed by atoms with van der Waals surface area (Å²) in [6.45, 7) is 3.17. The van der Waals surface area contributed by atoms with Crippen molar-refractivity contribution in [1.82, 2.24) is 0 Å². The van der Waals surface area contributed by atoms with Gasteiger partial charge in [-0.25, -0.2) is 4.39 Å². The van der Waals surface area contributed by atoms with E-state index in [1.54, 1.807) is 32.0 Å². The maximum absolute atomic E-state index is 13.5. The van der Waals surface area contributed by atoms with E-state index in [2.05, 4.69) is 5.32 Å². The Hall–Kier alpha value is -1.78. The second kappa shape index (κ2) is 6.99. The van der Waals surface area contributed by atoms with Crippen LogP contribution in [0.3, 0.4) is 0 Å². The number of carbonyl (C=O) groups excluding carboxylic acids is 1. The molecule has 0 heterocycles. The van der Waals surface area contributed by atoms with E-state index in [1.807, 2.05) is 0 Å². The number of benzene rings is 2. The van der Waals surface area contributed by atoms with Gasteiger partial charge in [0.25, 0.3) is 5.91 Å². The van der Waals surface area contributed by atoms with Crippen molar-refractivity contribution in [3.05, 3.63) is 57.8 Å². The van der Waals surface area contributed by atoms with Crippen LogP contribution in [0, 0.1) is 12.7 Å². The lowest BCUT2D eigenvalue weighted by molar-refractivity contribution is -0.122. The molecule has 2 rings (SSSR count). The highest BCUT2D eigenvalue weighted by molar-refractivity contribution is 6.35. The third-order valence-corrected chi connectivity index (χ3v) is 3.62. The summed E-state index contributed by atoms with van der Waals surface area (Å²) in [7, 11) is 0. The number of nitrogens with one attached hydrogen (secondary N) is 1. The van der Waals surface area contributed by atoms with Crippen LogP contribution < -0.4 is 10.1 Å². The molecule has 116 valence electrons. The fraction of sp³-hybridized carbons (Fsp3) is 0.188. The highest BCUT2D eigenvalue weighted by Crippen LogP contribution is 2.28. The Bertz CT molecular complexity index is 707. The van der Waals surface area contributed by atoms with Gasteiger partial charge in [-0.05, 0) is 44.2 Å². The Kier molecular flexibility index (Phi) is 5.27. The van der Waals surface area contributed by atoms with Gasteiger partial charge in [0.15, 0.2) is 6.10 Å². The van der Waals surface area contributed by atoms with Crippen LogP contribution in [-0.2, 0) is 4.79 Å². The highest BCUT2D eigenvalue weighted by Gasteiger charge is 2.17. The minimum atomic E-state index is -0.804. The Balaban J connectivity index is 2.07. The molecule has 1 atom stereocenters. The van der Waals surface area contributed by atoms with Crippen LogP contribution in [0.2, 0.25) is 10.0 Å². The SMILES string of the molecule is Cc1c(F)cccc1NC(=O)[C@H](C)Oc1ccc(Cl)cc1Cl. The van der Waals surface area contributed by atoms with Crippen molar-refractivity contribution in [1.29, 1.82) is 0 Å². The molecule has 0 radical (unpaired) electrons. The van der Waals surface area contributed by atoms with E-state index in [9.17, 15) is 9.18 Å². The molecule has 3 nitrogen and oxygen atoms in total. The Morgan fingerprint density at radius 1 is 1.27 bits per heavy atom. The average molecular weight is 342 g/mol. The van der Waals surface area contributed by atoms with Gasteiger partial charge in [0.05, 0.1) is 5.02 Å². The van der Waals surface area contributed by atoms with Crippen LogP contribution in [0.5, 0.6) is 5.75 Å². The van der Waals surface area contributed by atoms with E-state index in [4.69, 9.17) is 27.9 Å². The number of ether oxygens (including phenoxy) is 1. The van der Waals surface area contributed by atoms with E-state index < -0.39 is 12.0 Å². The number of carbonyl (C=O) groups is 1. The molecule has 1 amide bonds. The van der Waals surface area contributed by atoms with Gasteiger partial charge >= 0.3 is 0 Å². The molecule has 2 aromatic rings. The Morgan fingerprint density at radius 3 is 2.68 bits per heavy atom. The molecule has 0 aromatic heterocycles. The zero-order valence-electron chi connectivity index (χ0n) is 12.0. The molecule has 6 heteroatoms. The zero-order chi connectivity index (χ0) is 16.3. The van der Waals surface area contributed by atoms with Crippen LogP contribution in [0.4, 0.5) is 10.1 Å². The van der Waals surface area contributed by atoms with Crippen LogP contribution in [-0.4, -0.2) is 12.0 Å². The largest absolute Gasteiger partial charge is 0.479 e. The molecule has 0 saturated heterocycles. The first kappa shape index (κ1) is 16.6. The van der Waals surface area contributed by atoms with Gasteiger partial charge < -0.3 is 10.1 Å². The van der Waals surface area contributed by atoms with Crippen molar-refractivity contribution in [3.63, 3.8) is 0 Å². The lowest BCUT2D eigenvalue weighted by Gasteiger charge is -2.16. The first-order valence-corrected chi connectivity index (χ1v) is 7.31. The van der Waals surface area contributed by atoms with Crippen molar-refractivity contribution >= 4 is 34.8 Å². The molecule has 0 unspecified atom stereocenters. The Morgan fingerprint density at radius 2 is 2.00 bits per heavy atom. The summed E-state index contributed by atoms with van der Waals surface area (Å²) >= 11 is 11.8. The summed E-state index contributed by atoms with van der Waals surface area (Å²) < 4.78 is 19.0. The van der Waals surface area contributed by atoms with Gasteiger partial charge in [-0.1, -0.05) is 29.3 Å². The quantitative estimate of drug-likeness (QED) is 0.863. The average Bonchev–Trinajstić information content (AvgIpc) is 2.46. The molecule has 1 N–H and O–H groups in total. The summed E-state index contributed by atoms with van der Waals surface area (Å²) in [4.78, 5) is 12.1. The fourth-order valence-electron chi connectivity index (χ4n) is 1.79. The standard InChI is InChI=1S/C16H14Cl2FNO2/c1-9-13(19)4-3-5-14(9)20-16(21)10(2)22-15-7-6-11(17)8-12(15)18/h3-8,10H,1-2H3,(H,20,21)/t10-/m0/s1. The molecule has 0 aliphatic rings. The molecular weight excluding hydrogens is 328 g/mol. The van der Waals surface area contributed by atoms with E-state index >= 15 is 0 Å². The third kappa shape index (κ3) is 3.90. The molecule has 22 heavy (non-hydrogen) atoms. The van der Waals surface area contributed by atoms with Gasteiger partial charge in [0.1, 0.15) is 11.6 Å². The van der Waals surface area contributed by atoms with Crippen molar-refractivity contribution < 1.29 is 13.9 Å². The van der Waals surface area contributed by atoms with Gasteiger partial charge in [0.2, 0.25) is 0 Å². The first-order valence-electron chi connectivity index (χ1n) is 6.56. The lowest BCUT2D eigenvalue weighted by atomic mass is 10.2. The van der Waals surface area contributed by atoms with Crippen molar-refractivity contribution in [2.75, 3.05) is 5.32 Å². The number of hydrogen-bond acceptors (Lipinski definition) is 2. The van der Waals surface area contributed by atoms with Gasteiger partial charge in [-0.15, -0.1) is 0 Å². The van der Waals surface area contributed by atoms with Crippen molar-refractivity contribution in [3.8, 4) is 5.75 Å². The Labute approximate surface area is 138 Å². The smallest absolute Gasteiger partial charge is 0.265 e. The number of hydrogen-bond donors (Lipinski definition) is 1. The van der Waals surface area contributed by atoms with E-state index in [0.717, 1.165) is 0 Å². The van der Waals surface area contributed by atoms with E-state index in [0.29, 0.717) is 27.0 Å². The number of halogens is 3. The maximum Gasteiger partial charge on any atom is 0.265 e. The predicted octanol–water partition coefficient (Wildman–Crippen LogP) is 4.85. The molecule has 0 bridgehead atoms. The molecule has 0 fully saturated rings.